The molecule has 2 aromatic carbocycles. The van der Waals surface area contributed by atoms with E-state index in [0.29, 0.717) is 18.7 Å². The monoisotopic (exact) mass is 316 g/mol. The topological polar surface area (TPSA) is 74.4 Å². The van der Waals surface area contributed by atoms with E-state index in [1.54, 1.807) is 6.20 Å². The van der Waals surface area contributed by atoms with E-state index in [4.69, 9.17) is 0 Å². The summed E-state index contributed by atoms with van der Waals surface area (Å²) in [5, 5.41) is 7.05. The van der Waals surface area contributed by atoms with E-state index in [1.165, 1.54) is 0 Å². The number of para-hydroxylation sites is 2. The largest absolute Gasteiger partial charge is 0.337 e. The van der Waals surface area contributed by atoms with Crippen molar-refractivity contribution < 1.29 is 4.79 Å². The van der Waals surface area contributed by atoms with Gasteiger partial charge in [-0.05, 0) is 17.7 Å². The van der Waals surface area contributed by atoms with Crippen LogP contribution < -0.4 is 0 Å². The van der Waals surface area contributed by atoms with Crippen LogP contribution in [0.1, 0.15) is 11.1 Å². The van der Waals surface area contributed by atoms with Gasteiger partial charge in [-0.3, -0.25) is 9.89 Å². The highest BCUT2D eigenvalue weighted by atomic mass is 16.1. The minimum absolute atomic E-state index is 0.153. The Morgan fingerprint density at radius 2 is 1.75 bits per heavy atom. The molecule has 0 unspecified atom stereocenters. The van der Waals surface area contributed by atoms with Crippen molar-refractivity contribution in [3.8, 4) is 11.5 Å². The summed E-state index contributed by atoms with van der Waals surface area (Å²) in [4.78, 5) is 20.2. The molecule has 0 amide bonds. The summed E-state index contributed by atoms with van der Waals surface area (Å²) in [5.74, 6) is 0.858. The molecule has 24 heavy (non-hydrogen) atoms. The molecule has 5 nitrogen and oxygen atoms in total. The van der Waals surface area contributed by atoms with E-state index in [1.807, 2.05) is 54.6 Å². The van der Waals surface area contributed by atoms with Crippen molar-refractivity contribution in [1.29, 1.82) is 0 Å². The second kappa shape index (κ2) is 6.12. The van der Waals surface area contributed by atoms with Gasteiger partial charge in [-0.1, -0.05) is 42.5 Å². The molecule has 0 aliphatic rings. The number of fused-ring (bicyclic) bond motifs is 1. The van der Waals surface area contributed by atoms with E-state index in [-0.39, 0.29) is 5.78 Å². The Morgan fingerprint density at radius 1 is 0.958 bits per heavy atom. The van der Waals surface area contributed by atoms with Crippen LogP contribution in [0, 0.1) is 0 Å². The van der Waals surface area contributed by atoms with Crippen molar-refractivity contribution in [2.75, 3.05) is 0 Å². The number of carbonyl (C=O) groups is 1. The highest BCUT2D eigenvalue weighted by Gasteiger charge is 2.15. The average molecular weight is 316 g/mol. The molecule has 0 saturated heterocycles. The third-order valence-electron chi connectivity index (χ3n) is 3.98. The summed E-state index contributed by atoms with van der Waals surface area (Å²) in [6.07, 6.45) is 2.45. The number of H-pyrrole nitrogens is 2. The van der Waals surface area contributed by atoms with Crippen molar-refractivity contribution in [3.05, 3.63) is 71.9 Å². The molecule has 0 aliphatic carbocycles. The van der Waals surface area contributed by atoms with Crippen LogP contribution in [0.3, 0.4) is 0 Å². The number of nitrogens with one attached hydrogen (secondary N) is 2. The SMILES string of the molecule is O=C(Cc1ccccc1)Cc1cn[nH]c1-c1nc2ccccc2[nH]1. The van der Waals surface area contributed by atoms with Crippen LogP contribution in [0.5, 0.6) is 0 Å². The Balaban J connectivity index is 1.57. The molecular weight excluding hydrogens is 300 g/mol. The summed E-state index contributed by atoms with van der Waals surface area (Å²) in [6, 6.07) is 17.6. The molecule has 118 valence electrons. The zero-order chi connectivity index (χ0) is 16.4. The maximum atomic E-state index is 12.4. The van der Waals surface area contributed by atoms with E-state index < -0.39 is 0 Å². The van der Waals surface area contributed by atoms with Gasteiger partial charge in [0.15, 0.2) is 5.82 Å². The summed E-state index contributed by atoms with van der Waals surface area (Å²) in [6.45, 7) is 0. The summed E-state index contributed by atoms with van der Waals surface area (Å²) < 4.78 is 0. The molecule has 2 aromatic heterocycles. The fourth-order valence-corrected chi connectivity index (χ4v) is 2.82. The van der Waals surface area contributed by atoms with Gasteiger partial charge in [-0.15, -0.1) is 0 Å². The van der Waals surface area contributed by atoms with Gasteiger partial charge >= 0.3 is 0 Å². The van der Waals surface area contributed by atoms with Gasteiger partial charge < -0.3 is 4.98 Å². The Bertz CT molecular complexity index is 952. The van der Waals surface area contributed by atoms with E-state index >= 15 is 0 Å². The predicted molar refractivity (Wildman–Crippen MR) is 92.5 cm³/mol. The number of benzene rings is 2. The third-order valence-corrected chi connectivity index (χ3v) is 3.98. The van der Waals surface area contributed by atoms with Gasteiger partial charge in [-0.25, -0.2) is 4.98 Å². The number of carbonyl (C=O) groups excluding carboxylic acids is 1. The van der Waals surface area contributed by atoms with Gasteiger partial charge in [0.05, 0.1) is 17.2 Å². The first-order valence-corrected chi connectivity index (χ1v) is 7.82. The molecule has 0 radical (unpaired) electrons. The highest BCUT2D eigenvalue weighted by Crippen LogP contribution is 2.22. The first kappa shape index (κ1) is 14.4. The second-order valence-corrected chi connectivity index (χ2v) is 5.75. The fraction of sp³-hybridized carbons (Fsp3) is 0.105. The number of imidazole rings is 1. The molecule has 5 heteroatoms. The molecule has 4 rings (SSSR count). The number of nitrogens with zero attached hydrogens (tertiary/aromatic N) is 2. The third kappa shape index (κ3) is 2.84. The van der Waals surface area contributed by atoms with Crippen molar-refractivity contribution in [3.63, 3.8) is 0 Å². The molecule has 0 fully saturated rings. The van der Waals surface area contributed by atoms with Crippen LogP contribution in [-0.2, 0) is 17.6 Å². The molecule has 0 saturated carbocycles. The molecule has 4 aromatic rings. The quantitative estimate of drug-likeness (QED) is 0.593. The molecular formula is C19H16N4O. The maximum absolute atomic E-state index is 12.4. The molecule has 0 atom stereocenters. The Hall–Kier alpha value is -3.21. The van der Waals surface area contributed by atoms with Crippen LogP contribution >= 0.6 is 0 Å². The number of ketones is 1. The highest BCUT2D eigenvalue weighted by molar-refractivity contribution is 5.85. The lowest BCUT2D eigenvalue weighted by Crippen LogP contribution is -2.07. The fourth-order valence-electron chi connectivity index (χ4n) is 2.82. The van der Waals surface area contributed by atoms with Crippen molar-refractivity contribution in [2.24, 2.45) is 0 Å². The molecule has 0 spiro atoms. The van der Waals surface area contributed by atoms with Crippen molar-refractivity contribution in [2.45, 2.75) is 12.8 Å². The number of aromatic nitrogens is 4. The molecule has 0 bridgehead atoms. The van der Waals surface area contributed by atoms with E-state index in [0.717, 1.165) is 27.9 Å². The lowest BCUT2D eigenvalue weighted by Gasteiger charge is -2.02. The van der Waals surface area contributed by atoms with E-state index in [2.05, 4.69) is 20.2 Å². The first-order chi connectivity index (χ1) is 11.8. The number of hydrogen-bond acceptors (Lipinski definition) is 3. The minimum Gasteiger partial charge on any atom is -0.337 e. The van der Waals surface area contributed by atoms with Crippen molar-refractivity contribution >= 4 is 16.8 Å². The number of hydrogen-bond donors (Lipinski definition) is 2. The first-order valence-electron chi connectivity index (χ1n) is 7.82. The lowest BCUT2D eigenvalue weighted by molar-refractivity contribution is -0.117. The Labute approximate surface area is 138 Å². The second-order valence-electron chi connectivity index (χ2n) is 5.75. The zero-order valence-electron chi connectivity index (χ0n) is 13.0. The van der Waals surface area contributed by atoms with Gasteiger partial charge in [0, 0.05) is 18.4 Å². The van der Waals surface area contributed by atoms with Crippen LogP contribution in [0.2, 0.25) is 0 Å². The smallest absolute Gasteiger partial charge is 0.156 e. The standard InChI is InChI=1S/C19H16N4O/c24-15(10-13-6-2-1-3-7-13)11-14-12-20-23-18(14)19-21-16-8-4-5-9-17(16)22-19/h1-9,12H,10-11H2,(H,20,23)(H,21,22). The molecule has 2 N–H and O–H groups in total. The summed E-state index contributed by atoms with van der Waals surface area (Å²) in [5.41, 5.74) is 4.51. The van der Waals surface area contributed by atoms with Crippen LogP contribution in [-0.4, -0.2) is 25.9 Å². The zero-order valence-corrected chi connectivity index (χ0v) is 13.0. The normalized spacial score (nSPS) is 11.0. The Kier molecular flexibility index (Phi) is 3.67. The number of rotatable bonds is 5. The Morgan fingerprint density at radius 3 is 2.58 bits per heavy atom. The van der Waals surface area contributed by atoms with Crippen LogP contribution in [0.4, 0.5) is 0 Å². The van der Waals surface area contributed by atoms with Crippen LogP contribution in [0.25, 0.3) is 22.6 Å². The lowest BCUT2D eigenvalue weighted by atomic mass is 10.0. The van der Waals surface area contributed by atoms with E-state index in [9.17, 15) is 4.79 Å². The minimum atomic E-state index is 0.153. The van der Waals surface area contributed by atoms with Gasteiger partial charge in [0.1, 0.15) is 11.5 Å². The summed E-state index contributed by atoms with van der Waals surface area (Å²) in [7, 11) is 0. The summed E-state index contributed by atoms with van der Waals surface area (Å²) >= 11 is 0. The van der Waals surface area contributed by atoms with Crippen LogP contribution in [0.15, 0.2) is 60.8 Å². The predicted octanol–water partition coefficient (Wildman–Crippen LogP) is 3.31. The van der Waals surface area contributed by atoms with Gasteiger partial charge in [-0.2, -0.15) is 5.10 Å². The van der Waals surface area contributed by atoms with Gasteiger partial charge in [0.2, 0.25) is 0 Å². The molecule has 0 aliphatic heterocycles. The molecule has 2 heterocycles. The van der Waals surface area contributed by atoms with Crippen molar-refractivity contribution in [1.82, 2.24) is 20.2 Å². The van der Waals surface area contributed by atoms with Gasteiger partial charge in [0.25, 0.3) is 0 Å². The average Bonchev–Trinajstić information content (AvgIpc) is 3.21. The number of Topliss-reactive ketones (excluding diaryl/α,β-unsaturated/α-hetero) is 1. The maximum Gasteiger partial charge on any atom is 0.156 e. The number of aromatic amines is 2.